The Labute approximate surface area is 78.6 Å². The fraction of sp³-hybridized carbons (Fsp3) is 0.500. The standard InChI is InChI=1S/C10H15N3/c1-7-5-6-12-10(9(7)11)13(2)8-3-4-8/h5-6,8H,3-4,11H2,1-2H3. The van der Waals surface area contributed by atoms with E-state index in [0.29, 0.717) is 6.04 Å². The summed E-state index contributed by atoms with van der Waals surface area (Å²) in [6.45, 7) is 2.02. The molecule has 70 valence electrons. The lowest BCUT2D eigenvalue weighted by Gasteiger charge is -2.19. The number of aromatic nitrogens is 1. The van der Waals surface area contributed by atoms with Crippen LogP contribution in [0.1, 0.15) is 18.4 Å². The van der Waals surface area contributed by atoms with Crippen LogP contribution in [-0.2, 0) is 0 Å². The quantitative estimate of drug-likeness (QED) is 0.745. The molecule has 1 fully saturated rings. The number of anilines is 2. The number of pyridine rings is 1. The molecule has 0 amide bonds. The van der Waals surface area contributed by atoms with Crippen molar-refractivity contribution in [3.05, 3.63) is 17.8 Å². The van der Waals surface area contributed by atoms with Gasteiger partial charge in [-0.1, -0.05) is 0 Å². The Kier molecular flexibility index (Phi) is 1.87. The van der Waals surface area contributed by atoms with Gasteiger partial charge >= 0.3 is 0 Å². The Balaban J connectivity index is 2.32. The molecule has 2 rings (SSSR count). The first-order valence-electron chi connectivity index (χ1n) is 4.64. The molecule has 1 aromatic heterocycles. The Hall–Kier alpha value is -1.25. The highest BCUT2D eigenvalue weighted by molar-refractivity contribution is 5.66. The maximum Gasteiger partial charge on any atom is 0.152 e. The minimum Gasteiger partial charge on any atom is -0.396 e. The molecular weight excluding hydrogens is 162 g/mol. The van der Waals surface area contributed by atoms with Crippen molar-refractivity contribution in [2.75, 3.05) is 17.7 Å². The van der Waals surface area contributed by atoms with E-state index < -0.39 is 0 Å². The summed E-state index contributed by atoms with van der Waals surface area (Å²) in [5, 5.41) is 0. The van der Waals surface area contributed by atoms with Crippen LogP contribution in [0.5, 0.6) is 0 Å². The molecule has 0 aliphatic heterocycles. The van der Waals surface area contributed by atoms with Gasteiger partial charge in [0.1, 0.15) is 0 Å². The van der Waals surface area contributed by atoms with Crippen molar-refractivity contribution in [1.29, 1.82) is 0 Å². The highest BCUT2D eigenvalue weighted by Gasteiger charge is 2.28. The van der Waals surface area contributed by atoms with Crippen molar-refractivity contribution in [2.45, 2.75) is 25.8 Å². The van der Waals surface area contributed by atoms with Gasteiger partial charge < -0.3 is 10.6 Å². The largest absolute Gasteiger partial charge is 0.396 e. The molecule has 13 heavy (non-hydrogen) atoms. The molecule has 1 aromatic rings. The molecule has 1 heterocycles. The fourth-order valence-corrected chi connectivity index (χ4v) is 1.47. The number of rotatable bonds is 2. The molecular formula is C10H15N3. The van der Waals surface area contributed by atoms with Gasteiger partial charge in [0.15, 0.2) is 5.82 Å². The summed E-state index contributed by atoms with van der Waals surface area (Å²) in [5.74, 6) is 0.933. The van der Waals surface area contributed by atoms with Crippen LogP contribution in [0, 0.1) is 6.92 Å². The van der Waals surface area contributed by atoms with Gasteiger partial charge in [-0.2, -0.15) is 0 Å². The highest BCUT2D eigenvalue weighted by atomic mass is 15.2. The minimum atomic E-state index is 0.664. The topological polar surface area (TPSA) is 42.2 Å². The Bertz CT molecular complexity index is 318. The van der Waals surface area contributed by atoms with Crippen LogP contribution in [0.2, 0.25) is 0 Å². The fourth-order valence-electron chi connectivity index (χ4n) is 1.47. The van der Waals surface area contributed by atoms with Crippen LogP contribution in [0.3, 0.4) is 0 Å². The maximum atomic E-state index is 5.94. The van der Waals surface area contributed by atoms with Crippen LogP contribution in [0.25, 0.3) is 0 Å². The summed E-state index contributed by atoms with van der Waals surface area (Å²) in [6.07, 6.45) is 4.36. The second-order valence-corrected chi connectivity index (χ2v) is 3.71. The van der Waals surface area contributed by atoms with Gasteiger partial charge in [-0.05, 0) is 31.4 Å². The van der Waals surface area contributed by atoms with E-state index in [-0.39, 0.29) is 0 Å². The van der Waals surface area contributed by atoms with Crippen molar-refractivity contribution in [1.82, 2.24) is 4.98 Å². The molecule has 0 bridgehead atoms. The lowest BCUT2D eigenvalue weighted by Crippen LogP contribution is -2.22. The Morgan fingerprint density at radius 1 is 1.54 bits per heavy atom. The second kappa shape index (κ2) is 2.91. The first-order valence-corrected chi connectivity index (χ1v) is 4.64. The summed E-state index contributed by atoms with van der Waals surface area (Å²) < 4.78 is 0. The molecule has 1 aliphatic carbocycles. The van der Waals surface area contributed by atoms with Gasteiger partial charge in [-0.3, -0.25) is 0 Å². The third-order valence-electron chi connectivity index (χ3n) is 2.62. The molecule has 1 aliphatic rings. The van der Waals surface area contributed by atoms with Gasteiger partial charge in [0.25, 0.3) is 0 Å². The normalized spacial score (nSPS) is 15.8. The van der Waals surface area contributed by atoms with Gasteiger partial charge in [-0.25, -0.2) is 4.98 Å². The summed E-state index contributed by atoms with van der Waals surface area (Å²) >= 11 is 0. The van der Waals surface area contributed by atoms with E-state index in [1.807, 2.05) is 19.2 Å². The smallest absolute Gasteiger partial charge is 0.152 e. The molecule has 0 saturated heterocycles. The average molecular weight is 177 g/mol. The van der Waals surface area contributed by atoms with Crippen molar-refractivity contribution in [3.63, 3.8) is 0 Å². The van der Waals surface area contributed by atoms with E-state index in [1.54, 1.807) is 0 Å². The van der Waals surface area contributed by atoms with Gasteiger partial charge in [0, 0.05) is 19.3 Å². The first kappa shape index (κ1) is 8.35. The van der Waals surface area contributed by atoms with Crippen LogP contribution < -0.4 is 10.6 Å². The molecule has 0 aromatic carbocycles. The van der Waals surface area contributed by atoms with Crippen molar-refractivity contribution >= 4 is 11.5 Å². The average Bonchev–Trinajstić information content (AvgIpc) is 2.91. The number of hydrogen-bond acceptors (Lipinski definition) is 3. The van der Waals surface area contributed by atoms with Crippen LogP contribution in [0.15, 0.2) is 12.3 Å². The number of aryl methyl sites for hydroxylation is 1. The van der Waals surface area contributed by atoms with Gasteiger partial charge in [-0.15, -0.1) is 0 Å². The Morgan fingerprint density at radius 3 is 2.85 bits per heavy atom. The van der Waals surface area contributed by atoms with E-state index in [9.17, 15) is 0 Å². The molecule has 2 N–H and O–H groups in total. The minimum absolute atomic E-state index is 0.664. The molecule has 1 saturated carbocycles. The molecule has 0 atom stereocenters. The molecule has 3 nitrogen and oxygen atoms in total. The molecule has 0 radical (unpaired) electrons. The summed E-state index contributed by atoms with van der Waals surface area (Å²) in [6, 6.07) is 2.61. The third-order valence-corrected chi connectivity index (χ3v) is 2.62. The maximum absolute atomic E-state index is 5.94. The predicted octanol–water partition coefficient (Wildman–Crippen LogP) is 1.57. The highest BCUT2D eigenvalue weighted by Crippen LogP contribution is 2.32. The van der Waals surface area contributed by atoms with Crippen molar-refractivity contribution < 1.29 is 0 Å². The first-order chi connectivity index (χ1) is 6.20. The van der Waals surface area contributed by atoms with Crippen molar-refractivity contribution in [3.8, 4) is 0 Å². The number of nitrogens with zero attached hydrogens (tertiary/aromatic N) is 2. The number of hydrogen-bond donors (Lipinski definition) is 1. The zero-order valence-electron chi connectivity index (χ0n) is 8.12. The zero-order valence-corrected chi connectivity index (χ0v) is 8.12. The molecule has 3 heteroatoms. The third kappa shape index (κ3) is 1.46. The van der Waals surface area contributed by atoms with E-state index in [0.717, 1.165) is 17.1 Å². The predicted molar refractivity (Wildman–Crippen MR) is 54.8 cm³/mol. The van der Waals surface area contributed by atoms with E-state index in [2.05, 4.69) is 16.9 Å². The van der Waals surface area contributed by atoms with E-state index >= 15 is 0 Å². The number of nitrogen functional groups attached to an aromatic ring is 1. The molecule has 0 unspecified atom stereocenters. The van der Waals surface area contributed by atoms with E-state index in [4.69, 9.17) is 5.73 Å². The Morgan fingerprint density at radius 2 is 2.23 bits per heavy atom. The number of nitrogens with two attached hydrogens (primary N) is 1. The van der Waals surface area contributed by atoms with Gasteiger partial charge in [0.05, 0.1) is 5.69 Å². The summed E-state index contributed by atoms with van der Waals surface area (Å²) in [5.41, 5.74) is 7.87. The van der Waals surface area contributed by atoms with Crippen molar-refractivity contribution in [2.24, 2.45) is 0 Å². The summed E-state index contributed by atoms with van der Waals surface area (Å²) in [4.78, 5) is 6.48. The monoisotopic (exact) mass is 177 g/mol. The lowest BCUT2D eigenvalue weighted by molar-refractivity contribution is 0.893. The van der Waals surface area contributed by atoms with Crippen LogP contribution in [0.4, 0.5) is 11.5 Å². The lowest BCUT2D eigenvalue weighted by atomic mass is 10.2. The van der Waals surface area contributed by atoms with E-state index in [1.165, 1.54) is 12.8 Å². The van der Waals surface area contributed by atoms with Crippen LogP contribution >= 0.6 is 0 Å². The SMILES string of the molecule is Cc1ccnc(N(C)C2CC2)c1N. The molecule has 0 spiro atoms. The van der Waals surface area contributed by atoms with Gasteiger partial charge in [0.2, 0.25) is 0 Å². The van der Waals surface area contributed by atoms with Crippen LogP contribution in [-0.4, -0.2) is 18.1 Å². The summed E-state index contributed by atoms with van der Waals surface area (Å²) in [7, 11) is 2.07. The second-order valence-electron chi connectivity index (χ2n) is 3.71. The zero-order chi connectivity index (χ0) is 9.42.